The number of esters is 1. The van der Waals surface area contributed by atoms with Crippen molar-refractivity contribution in [2.45, 2.75) is 19.4 Å². The number of fused-ring (bicyclic) bond motifs is 1. The van der Waals surface area contributed by atoms with Crippen LogP contribution in [0.2, 0.25) is 10.0 Å². The van der Waals surface area contributed by atoms with E-state index in [0.29, 0.717) is 72.6 Å². The Morgan fingerprint density at radius 1 is 1.11 bits per heavy atom. The van der Waals surface area contributed by atoms with E-state index in [4.69, 9.17) is 37.4 Å². The first kappa shape index (κ1) is 26.2. The number of ether oxygens (including phenoxy) is 3. The highest BCUT2D eigenvalue weighted by Crippen LogP contribution is 2.35. The number of nitrogens with zero attached hydrogens (tertiary/aromatic N) is 2. The Labute approximate surface area is 214 Å². The molecule has 4 rings (SSSR count). The van der Waals surface area contributed by atoms with Crippen LogP contribution < -0.4 is 0 Å². The first-order valence-electron chi connectivity index (χ1n) is 11.9. The van der Waals surface area contributed by atoms with Crippen LogP contribution >= 0.6 is 23.2 Å². The number of rotatable bonds is 9. The van der Waals surface area contributed by atoms with Gasteiger partial charge in [-0.25, -0.2) is 4.79 Å². The quantitative estimate of drug-likeness (QED) is 0.479. The standard InChI is InChI=1S/C24H31Cl2N3O6/c1-15(29-5-9-34-10-6-29)17(23(30)31)14-18-21-19(26)12-16(25)13-20(21)27-22(18)24(32)35-11-4-28-2-7-33-8-3-28/h12-13,15,17,27H,2-11,14H2,1H3,(H,30,31). The van der Waals surface area contributed by atoms with Gasteiger partial charge in [0.15, 0.2) is 0 Å². The van der Waals surface area contributed by atoms with Crippen molar-refractivity contribution >= 4 is 46.0 Å². The number of benzene rings is 1. The minimum atomic E-state index is -0.935. The van der Waals surface area contributed by atoms with Gasteiger partial charge in [0.25, 0.3) is 0 Å². The normalized spacial score (nSPS) is 19.5. The van der Waals surface area contributed by atoms with Gasteiger partial charge in [0.2, 0.25) is 0 Å². The van der Waals surface area contributed by atoms with Crippen LogP contribution in [0.25, 0.3) is 10.9 Å². The highest BCUT2D eigenvalue weighted by atomic mass is 35.5. The third kappa shape index (κ3) is 6.28. The van der Waals surface area contributed by atoms with Crippen molar-refractivity contribution in [1.82, 2.24) is 14.8 Å². The minimum absolute atomic E-state index is 0.114. The molecule has 9 nitrogen and oxygen atoms in total. The van der Waals surface area contributed by atoms with Crippen molar-refractivity contribution < 1.29 is 28.9 Å². The molecule has 2 N–H and O–H groups in total. The molecule has 2 aromatic rings. The van der Waals surface area contributed by atoms with Gasteiger partial charge in [-0.15, -0.1) is 0 Å². The molecular weight excluding hydrogens is 497 g/mol. The van der Waals surface area contributed by atoms with Crippen LogP contribution in [0.5, 0.6) is 0 Å². The number of aliphatic carboxylic acids is 1. The summed E-state index contributed by atoms with van der Waals surface area (Å²) in [4.78, 5) is 32.9. The maximum absolute atomic E-state index is 13.1. The molecule has 0 saturated carbocycles. The smallest absolute Gasteiger partial charge is 0.355 e. The number of halogens is 2. The molecule has 2 saturated heterocycles. The zero-order valence-corrected chi connectivity index (χ0v) is 21.2. The maximum atomic E-state index is 13.1. The van der Waals surface area contributed by atoms with E-state index in [2.05, 4.69) is 14.8 Å². The predicted octanol–water partition coefficient (Wildman–Crippen LogP) is 2.93. The summed E-state index contributed by atoms with van der Waals surface area (Å²) in [6, 6.07) is 3.01. The Bertz CT molecular complexity index is 1050. The predicted molar refractivity (Wildman–Crippen MR) is 133 cm³/mol. The molecule has 2 fully saturated rings. The summed E-state index contributed by atoms with van der Waals surface area (Å²) in [6.07, 6.45) is 0.114. The molecule has 0 bridgehead atoms. The van der Waals surface area contributed by atoms with Gasteiger partial charge in [-0.2, -0.15) is 0 Å². The van der Waals surface area contributed by atoms with Gasteiger partial charge in [-0.1, -0.05) is 23.2 Å². The lowest BCUT2D eigenvalue weighted by atomic mass is 9.90. The molecule has 0 radical (unpaired) electrons. The summed E-state index contributed by atoms with van der Waals surface area (Å²) >= 11 is 12.7. The topological polar surface area (TPSA) is 104 Å². The molecule has 0 spiro atoms. The van der Waals surface area contributed by atoms with Crippen LogP contribution in [0, 0.1) is 5.92 Å². The third-order valence-electron chi connectivity index (χ3n) is 6.81. The van der Waals surface area contributed by atoms with E-state index in [1.165, 1.54) is 0 Å². The Morgan fingerprint density at radius 2 is 1.77 bits per heavy atom. The molecule has 2 unspecified atom stereocenters. The largest absolute Gasteiger partial charge is 0.481 e. The van der Waals surface area contributed by atoms with Crippen molar-refractivity contribution in [2.24, 2.45) is 5.92 Å². The molecule has 2 atom stereocenters. The number of H-pyrrole nitrogens is 1. The highest BCUT2D eigenvalue weighted by molar-refractivity contribution is 6.39. The van der Waals surface area contributed by atoms with Gasteiger partial charge >= 0.3 is 11.9 Å². The number of hydrogen-bond donors (Lipinski definition) is 2. The van der Waals surface area contributed by atoms with Crippen LogP contribution in [0.1, 0.15) is 23.0 Å². The number of aromatic amines is 1. The van der Waals surface area contributed by atoms with Gasteiger partial charge in [0.1, 0.15) is 12.3 Å². The van der Waals surface area contributed by atoms with E-state index < -0.39 is 17.9 Å². The van der Waals surface area contributed by atoms with Gasteiger partial charge in [0, 0.05) is 54.7 Å². The summed E-state index contributed by atoms with van der Waals surface area (Å²) in [6.45, 7) is 8.08. The minimum Gasteiger partial charge on any atom is -0.481 e. The number of nitrogens with one attached hydrogen (secondary N) is 1. The Kier molecular flexibility index (Phi) is 8.91. The lowest BCUT2D eigenvalue weighted by molar-refractivity contribution is -0.144. The van der Waals surface area contributed by atoms with Crippen molar-refractivity contribution in [3.8, 4) is 0 Å². The van der Waals surface area contributed by atoms with Gasteiger partial charge in [-0.05, 0) is 31.0 Å². The summed E-state index contributed by atoms with van der Waals surface area (Å²) in [5, 5.41) is 11.5. The second-order valence-electron chi connectivity index (χ2n) is 8.92. The molecule has 2 aliphatic rings. The second-order valence-corrected chi connectivity index (χ2v) is 9.76. The molecule has 11 heteroatoms. The highest BCUT2D eigenvalue weighted by Gasteiger charge is 2.33. The van der Waals surface area contributed by atoms with Crippen LogP contribution in [0.4, 0.5) is 0 Å². The van der Waals surface area contributed by atoms with Crippen molar-refractivity contribution in [1.29, 1.82) is 0 Å². The SMILES string of the molecule is CC(C(Cc1c(C(=O)OCCN2CCOCC2)[nH]c2cc(Cl)cc(Cl)c12)C(=O)O)N1CCOCC1. The van der Waals surface area contributed by atoms with E-state index >= 15 is 0 Å². The molecule has 35 heavy (non-hydrogen) atoms. The zero-order chi connectivity index (χ0) is 24.9. The van der Waals surface area contributed by atoms with Crippen molar-refractivity contribution in [3.05, 3.63) is 33.4 Å². The van der Waals surface area contributed by atoms with Crippen LogP contribution in [-0.2, 0) is 25.4 Å². The lowest BCUT2D eigenvalue weighted by Gasteiger charge is -2.35. The first-order chi connectivity index (χ1) is 16.8. The number of carbonyl (C=O) groups is 2. The molecule has 2 aliphatic heterocycles. The average Bonchev–Trinajstić information content (AvgIpc) is 3.21. The second kappa shape index (κ2) is 11.9. The monoisotopic (exact) mass is 527 g/mol. The summed E-state index contributed by atoms with van der Waals surface area (Å²) < 4.78 is 16.4. The summed E-state index contributed by atoms with van der Waals surface area (Å²) in [5.74, 6) is -2.24. The van der Waals surface area contributed by atoms with Crippen LogP contribution in [-0.4, -0.2) is 104 Å². The molecule has 3 heterocycles. The fourth-order valence-electron chi connectivity index (χ4n) is 4.78. The summed E-state index contributed by atoms with van der Waals surface area (Å²) in [5.41, 5.74) is 1.32. The van der Waals surface area contributed by atoms with Crippen molar-refractivity contribution in [3.63, 3.8) is 0 Å². The van der Waals surface area contributed by atoms with Gasteiger partial charge in [-0.3, -0.25) is 14.6 Å². The Balaban J connectivity index is 1.59. The van der Waals surface area contributed by atoms with E-state index in [9.17, 15) is 14.7 Å². The molecule has 0 aliphatic carbocycles. The lowest BCUT2D eigenvalue weighted by Crippen LogP contribution is -2.48. The van der Waals surface area contributed by atoms with E-state index in [1.807, 2.05) is 6.92 Å². The number of hydrogen-bond acceptors (Lipinski definition) is 7. The number of carbonyl (C=O) groups excluding carboxylic acids is 1. The number of aromatic nitrogens is 1. The fraction of sp³-hybridized carbons (Fsp3) is 0.583. The summed E-state index contributed by atoms with van der Waals surface area (Å²) in [7, 11) is 0. The van der Waals surface area contributed by atoms with Gasteiger partial charge in [0.05, 0.1) is 37.4 Å². The van der Waals surface area contributed by atoms with Crippen LogP contribution in [0.15, 0.2) is 12.1 Å². The number of carboxylic acids is 1. The third-order valence-corrected chi connectivity index (χ3v) is 7.33. The Morgan fingerprint density at radius 3 is 2.43 bits per heavy atom. The van der Waals surface area contributed by atoms with E-state index in [1.54, 1.807) is 12.1 Å². The number of carboxylic acid groups (broad SMARTS) is 1. The fourth-order valence-corrected chi connectivity index (χ4v) is 5.39. The molecule has 0 amide bonds. The molecule has 1 aromatic carbocycles. The zero-order valence-electron chi connectivity index (χ0n) is 19.7. The number of morpholine rings is 2. The average molecular weight is 528 g/mol. The van der Waals surface area contributed by atoms with Gasteiger partial charge < -0.3 is 24.3 Å². The molecule has 1 aromatic heterocycles. The molecular formula is C24H31Cl2N3O6. The van der Waals surface area contributed by atoms with Crippen molar-refractivity contribution in [2.75, 3.05) is 65.8 Å². The maximum Gasteiger partial charge on any atom is 0.355 e. The van der Waals surface area contributed by atoms with Crippen LogP contribution in [0.3, 0.4) is 0 Å². The Hall–Kier alpha value is -1.88. The first-order valence-corrected chi connectivity index (χ1v) is 12.6. The molecule has 192 valence electrons. The van der Waals surface area contributed by atoms with E-state index in [-0.39, 0.29) is 24.8 Å². The van der Waals surface area contributed by atoms with E-state index in [0.717, 1.165) is 13.1 Å².